The molecule has 1 fully saturated rings. The summed E-state index contributed by atoms with van der Waals surface area (Å²) >= 11 is 0. The second-order valence-corrected chi connectivity index (χ2v) is 7.63. The predicted molar refractivity (Wildman–Crippen MR) is 84.3 cm³/mol. The number of benzene rings is 1. The van der Waals surface area contributed by atoms with Crippen molar-refractivity contribution in [2.24, 2.45) is 5.92 Å². The maximum atomic E-state index is 13.0. The van der Waals surface area contributed by atoms with Gasteiger partial charge in [-0.05, 0) is 43.9 Å². The highest BCUT2D eigenvalue weighted by atomic mass is 32.2. The van der Waals surface area contributed by atoms with Gasteiger partial charge in [-0.2, -0.15) is 5.26 Å². The Hall–Kier alpha value is -2.33. The Kier molecular flexibility index (Phi) is 4.09. The van der Waals surface area contributed by atoms with E-state index < -0.39 is 10.0 Å². The monoisotopic (exact) mass is 331 g/mol. The second-order valence-electron chi connectivity index (χ2n) is 5.77. The predicted octanol–water partition coefficient (Wildman–Crippen LogP) is 2.85. The van der Waals surface area contributed by atoms with E-state index >= 15 is 0 Å². The Morgan fingerprint density at radius 2 is 2.17 bits per heavy atom. The first-order chi connectivity index (χ1) is 11.0. The van der Waals surface area contributed by atoms with Gasteiger partial charge in [0.1, 0.15) is 5.76 Å². The number of hydrogen-bond acceptors (Lipinski definition) is 5. The van der Waals surface area contributed by atoms with Crippen LogP contribution in [0.15, 0.2) is 39.8 Å². The number of sulfonamides is 1. The van der Waals surface area contributed by atoms with E-state index in [2.05, 4.69) is 5.16 Å². The van der Waals surface area contributed by atoms with Crippen molar-refractivity contribution >= 4 is 15.8 Å². The number of anilines is 1. The van der Waals surface area contributed by atoms with Crippen molar-refractivity contribution in [3.8, 4) is 6.07 Å². The first-order valence-corrected chi connectivity index (χ1v) is 8.91. The third-order valence-electron chi connectivity index (χ3n) is 4.07. The van der Waals surface area contributed by atoms with Crippen molar-refractivity contribution in [3.63, 3.8) is 0 Å². The zero-order valence-electron chi connectivity index (χ0n) is 12.8. The van der Waals surface area contributed by atoms with Crippen molar-refractivity contribution < 1.29 is 12.9 Å². The van der Waals surface area contributed by atoms with Crippen LogP contribution in [0.4, 0.5) is 5.82 Å². The smallest absolute Gasteiger partial charge is 0.265 e. The summed E-state index contributed by atoms with van der Waals surface area (Å²) in [6.45, 7) is 2.10. The van der Waals surface area contributed by atoms with Gasteiger partial charge in [0.15, 0.2) is 5.82 Å². The fourth-order valence-corrected chi connectivity index (χ4v) is 4.07. The molecule has 23 heavy (non-hydrogen) atoms. The average Bonchev–Trinajstić information content (AvgIpc) is 2.92. The molecule has 0 amide bonds. The van der Waals surface area contributed by atoms with E-state index in [1.54, 1.807) is 25.1 Å². The molecule has 0 atom stereocenters. The second kappa shape index (κ2) is 6.05. The first-order valence-electron chi connectivity index (χ1n) is 7.47. The van der Waals surface area contributed by atoms with E-state index in [4.69, 9.17) is 9.78 Å². The lowest BCUT2D eigenvalue weighted by Crippen LogP contribution is -2.37. The van der Waals surface area contributed by atoms with Crippen molar-refractivity contribution in [1.29, 1.82) is 5.26 Å². The molecule has 0 aliphatic heterocycles. The van der Waals surface area contributed by atoms with Crippen LogP contribution in [0.5, 0.6) is 0 Å². The summed E-state index contributed by atoms with van der Waals surface area (Å²) in [6, 6.07) is 9.61. The molecule has 2 aromatic rings. The third-order valence-corrected chi connectivity index (χ3v) is 5.84. The Morgan fingerprint density at radius 1 is 1.39 bits per heavy atom. The standard InChI is InChI=1S/C16H17N3O3S/c1-12-8-16(18-22-12)19(11-13-4-2-5-13)23(20,21)15-7-3-6-14(9-15)10-17/h3,6-9,13H,2,4-5,11H2,1H3. The van der Waals surface area contributed by atoms with Gasteiger partial charge in [0.05, 0.1) is 16.5 Å². The van der Waals surface area contributed by atoms with Gasteiger partial charge in [-0.25, -0.2) is 12.7 Å². The normalized spacial score (nSPS) is 15.0. The van der Waals surface area contributed by atoms with Crippen LogP contribution in [0.3, 0.4) is 0 Å². The lowest BCUT2D eigenvalue weighted by molar-refractivity contribution is 0.324. The lowest BCUT2D eigenvalue weighted by Gasteiger charge is -2.31. The van der Waals surface area contributed by atoms with Crippen LogP contribution in [0.25, 0.3) is 0 Å². The summed E-state index contributed by atoms with van der Waals surface area (Å²) in [4.78, 5) is 0.0940. The number of aromatic nitrogens is 1. The Labute approximate surface area is 135 Å². The molecular formula is C16H17N3O3S. The van der Waals surface area contributed by atoms with Crippen LogP contribution in [-0.4, -0.2) is 20.1 Å². The molecule has 1 aromatic heterocycles. The third kappa shape index (κ3) is 3.08. The summed E-state index contributed by atoms with van der Waals surface area (Å²) in [5.41, 5.74) is 0.311. The zero-order chi connectivity index (χ0) is 16.4. The zero-order valence-corrected chi connectivity index (χ0v) is 13.6. The topological polar surface area (TPSA) is 87.2 Å². The van der Waals surface area contributed by atoms with Crippen LogP contribution < -0.4 is 4.31 Å². The van der Waals surface area contributed by atoms with Gasteiger partial charge in [0.2, 0.25) is 0 Å². The average molecular weight is 331 g/mol. The van der Waals surface area contributed by atoms with Crippen molar-refractivity contribution in [2.75, 3.05) is 10.8 Å². The molecule has 0 N–H and O–H groups in total. The molecule has 1 aliphatic rings. The maximum absolute atomic E-state index is 13.0. The maximum Gasteiger partial charge on any atom is 0.265 e. The minimum atomic E-state index is -3.78. The highest BCUT2D eigenvalue weighted by molar-refractivity contribution is 7.92. The van der Waals surface area contributed by atoms with E-state index in [1.165, 1.54) is 16.4 Å². The summed E-state index contributed by atoms with van der Waals surface area (Å²) in [6.07, 6.45) is 3.16. The summed E-state index contributed by atoms with van der Waals surface area (Å²) in [7, 11) is -3.78. The summed E-state index contributed by atoms with van der Waals surface area (Å²) < 4.78 is 32.4. The Morgan fingerprint density at radius 3 is 2.74 bits per heavy atom. The number of aryl methyl sites for hydroxylation is 1. The van der Waals surface area contributed by atoms with E-state index in [9.17, 15) is 8.42 Å². The molecule has 0 spiro atoms. The molecule has 3 rings (SSSR count). The molecule has 1 heterocycles. The summed E-state index contributed by atoms with van der Waals surface area (Å²) in [5.74, 6) is 1.18. The number of nitriles is 1. The fraction of sp³-hybridized carbons (Fsp3) is 0.375. The van der Waals surface area contributed by atoms with Crippen LogP contribution in [0.1, 0.15) is 30.6 Å². The molecule has 0 bridgehead atoms. The van der Waals surface area contributed by atoms with Crippen molar-refractivity contribution in [1.82, 2.24) is 5.16 Å². The van der Waals surface area contributed by atoms with E-state index in [0.29, 0.717) is 23.8 Å². The molecule has 1 aliphatic carbocycles. The molecule has 0 radical (unpaired) electrons. The van der Waals surface area contributed by atoms with Crippen LogP contribution >= 0.6 is 0 Å². The van der Waals surface area contributed by atoms with Crippen molar-refractivity contribution in [2.45, 2.75) is 31.1 Å². The van der Waals surface area contributed by atoms with E-state index in [1.807, 2.05) is 6.07 Å². The number of hydrogen-bond donors (Lipinski definition) is 0. The molecule has 120 valence electrons. The molecule has 6 nitrogen and oxygen atoms in total. The molecule has 1 aromatic carbocycles. The van der Waals surface area contributed by atoms with Gasteiger partial charge >= 0.3 is 0 Å². The van der Waals surface area contributed by atoms with Crippen molar-refractivity contribution in [3.05, 3.63) is 41.7 Å². The van der Waals surface area contributed by atoms with Gasteiger partial charge in [-0.3, -0.25) is 0 Å². The van der Waals surface area contributed by atoms with Gasteiger partial charge < -0.3 is 4.52 Å². The largest absolute Gasteiger partial charge is 0.360 e. The number of rotatable bonds is 5. The van der Waals surface area contributed by atoms with Crippen LogP contribution in [-0.2, 0) is 10.0 Å². The quantitative estimate of drug-likeness (QED) is 0.840. The van der Waals surface area contributed by atoms with Gasteiger partial charge in [0.25, 0.3) is 10.0 Å². The Balaban J connectivity index is 2.01. The van der Waals surface area contributed by atoms with Gasteiger partial charge in [-0.1, -0.05) is 17.6 Å². The molecular weight excluding hydrogens is 314 g/mol. The minimum Gasteiger partial charge on any atom is -0.360 e. The minimum absolute atomic E-state index is 0.0940. The highest BCUT2D eigenvalue weighted by Gasteiger charge is 2.31. The molecule has 0 unspecified atom stereocenters. The fourth-order valence-electron chi connectivity index (χ4n) is 2.55. The summed E-state index contributed by atoms with van der Waals surface area (Å²) in [5, 5.41) is 12.9. The highest BCUT2D eigenvalue weighted by Crippen LogP contribution is 2.32. The first kappa shape index (κ1) is 15.6. The van der Waals surface area contributed by atoms with Crippen LogP contribution in [0.2, 0.25) is 0 Å². The van der Waals surface area contributed by atoms with E-state index in [-0.39, 0.29) is 10.7 Å². The van der Waals surface area contributed by atoms with Crippen LogP contribution in [0, 0.1) is 24.2 Å². The molecule has 0 saturated heterocycles. The van der Waals surface area contributed by atoms with Gasteiger partial charge in [-0.15, -0.1) is 0 Å². The number of nitrogens with zero attached hydrogens (tertiary/aromatic N) is 3. The lowest BCUT2D eigenvalue weighted by atomic mass is 9.85. The van der Waals surface area contributed by atoms with Gasteiger partial charge in [0, 0.05) is 12.6 Å². The molecule has 1 saturated carbocycles. The SMILES string of the molecule is Cc1cc(N(CC2CCC2)S(=O)(=O)c2cccc(C#N)c2)no1. The molecule has 7 heteroatoms. The van der Waals surface area contributed by atoms with E-state index in [0.717, 1.165) is 19.3 Å². The Bertz CT molecular complexity index is 847.